The number of carbonyl (C=O) groups excluding carboxylic acids is 1. The molecule has 3 aromatic rings. The van der Waals surface area contributed by atoms with E-state index in [9.17, 15) is 4.79 Å². The summed E-state index contributed by atoms with van der Waals surface area (Å²) in [6.45, 7) is 8.70. The van der Waals surface area contributed by atoms with Crippen LogP contribution in [0.3, 0.4) is 0 Å². The van der Waals surface area contributed by atoms with Gasteiger partial charge in [0.1, 0.15) is 0 Å². The minimum Gasteiger partial charge on any atom is -0.369 e. The predicted octanol–water partition coefficient (Wildman–Crippen LogP) is 5.41. The number of nitrogens with one attached hydrogen (secondary N) is 2. The second-order valence-corrected chi connectivity index (χ2v) is 9.44. The molecule has 0 radical (unpaired) electrons. The number of aryl methyl sites for hydroxylation is 2. The molecule has 5 nitrogen and oxygen atoms in total. The van der Waals surface area contributed by atoms with Crippen molar-refractivity contribution in [2.24, 2.45) is 0 Å². The van der Waals surface area contributed by atoms with Crippen molar-refractivity contribution in [3.05, 3.63) is 94.0 Å². The van der Waals surface area contributed by atoms with Crippen molar-refractivity contribution in [2.75, 3.05) is 36.4 Å². The number of halogens is 1. The van der Waals surface area contributed by atoms with E-state index >= 15 is 0 Å². The monoisotopic (exact) mass is 492 g/mol. The van der Waals surface area contributed by atoms with Crippen LogP contribution in [-0.2, 0) is 6.54 Å². The lowest BCUT2D eigenvalue weighted by Gasteiger charge is -2.36. The maximum atomic E-state index is 12.5. The number of hydrogen-bond acceptors (Lipinski definition) is 4. The molecule has 0 saturated carbocycles. The molecule has 1 aliphatic rings. The van der Waals surface area contributed by atoms with Crippen LogP contribution in [0.4, 0.5) is 11.4 Å². The van der Waals surface area contributed by atoms with Crippen LogP contribution in [0.5, 0.6) is 0 Å². The van der Waals surface area contributed by atoms with Crippen LogP contribution in [0, 0.1) is 13.8 Å². The first kappa shape index (κ1) is 24.2. The summed E-state index contributed by atoms with van der Waals surface area (Å²) in [6, 6.07) is 21.9. The number of anilines is 2. The zero-order valence-corrected chi connectivity index (χ0v) is 21.0. The molecule has 1 aliphatic heterocycles. The third-order valence-corrected chi connectivity index (χ3v) is 6.64. The Morgan fingerprint density at radius 2 is 1.68 bits per heavy atom. The highest BCUT2D eigenvalue weighted by atomic mass is 35.5. The van der Waals surface area contributed by atoms with Crippen molar-refractivity contribution in [1.82, 2.24) is 10.2 Å². The summed E-state index contributed by atoms with van der Waals surface area (Å²) in [4.78, 5) is 17.4. The highest BCUT2D eigenvalue weighted by Crippen LogP contribution is 2.22. The molecule has 1 amide bonds. The molecule has 0 unspecified atom stereocenters. The van der Waals surface area contributed by atoms with E-state index in [1.807, 2.05) is 62.4 Å². The standard InChI is InChI=1S/C27H29ClN4OS/c1-19-7-12-24(20(2)17-19)26(33)30-27(34)29-22-8-10-23(11-9-22)32-15-13-31(14-16-32)18-21-5-3-4-6-25(21)28/h3-12,17H,13-16,18H2,1-2H3,(H2,29,30,33,34). The van der Waals surface area contributed by atoms with Gasteiger partial charge in [-0.1, -0.05) is 47.5 Å². The van der Waals surface area contributed by atoms with Gasteiger partial charge in [0.15, 0.2) is 5.11 Å². The Bertz CT molecular complexity index is 1170. The Morgan fingerprint density at radius 1 is 0.971 bits per heavy atom. The molecule has 7 heteroatoms. The maximum Gasteiger partial charge on any atom is 0.257 e. The lowest BCUT2D eigenvalue weighted by atomic mass is 10.1. The van der Waals surface area contributed by atoms with Crippen LogP contribution in [-0.4, -0.2) is 42.1 Å². The topological polar surface area (TPSA) is 47.6 Å². The molecule has 3 aromatic carbocycles. The summed E-state index contributed by atoms with van der Waals surface area (Å²) in [5.41, 5.74) is 5.86. The molecule has 2 N–H and O–H groups in total. The molecule has 0 atom stereocenters. The highest BCUT2D eigenvalue weighted by molar-refractivity contribution is 7.80. The van der Waals surface area contributed by atoms with Gasteiger partial charge in [0.2, 0.25) is 0 Å². The van der Waals surface area contributed by atoms with Gasteiger partial charge in [0.05, 0.1) is 0 Å². The molecular weight excluding hydrogens is 464 g/mol. The van der Waals surface area contributed by atoms with Crippen LogP contribution < -0.4 is 15.5 Å². The minimum atomic E-state index is -0.207. The SMILES string of the molecule is Cc1ccc(C(=O)NC(=S)Nc2ccc(N3CCN(Cc4ccccc4Cl)CC3)cc2)c(C)c1. The number of piperazine rings is 1. The third-order valence-electron chi connectivity index (χ3n) is 6.07. The molecule has 1 fully saturated rings. The minimum absolute atomic E-state index is 0.207. The fraction of sp³-hybridized carbons (Fsp3) is 0.259. The second kappa shape index (κ2) is 11.0. The van der Waals surface area contributed by atoms with Crippen molar-refractivity contribution in [3.8, 4) is 0 Å². The first-order chi connectivity index (χ1) is 16.4. The average Bonchev–Trinajstić information content (AvgIpc) is 2.81. The van der Waals surface area contributed by atoms with Crippen molar-refractivity contribution in [2.45, 2.75) is 20.4 Å². The Hall–Kier alpha value is -2.93. The number of rotatable bonds is 5. The molecule has 1 saturated heterocycles. The van der Waals surface area contributed by atoms with Crippen LogP contribution in [0.15, 0.2) is 66.7 Å². The summed E-state index contributed by atoms with van der Waals surface area (Å²) in [6.07, 6.45) is 0. The molecule has 1 heterocycles. The van der Waals surface area contributed by atoms with E-state index in [1.165, 1.54) is 11.3 Å². The smallest absolute Gasteiger partial charge is 0.257 e. The Balaban J connectivity index is 1.27. The molecule has 0 aromatic heterocycles. The lowest BCUT2D eigenvalue weighted by Crippen LogP contribution is -2.46. The van der Waals surface area contributed by atoms with E-state index in [-0.39, 0.29) is 11.0 Å². The largest absolute Gasteiger partial charge is 0.369 e. The number of amides is 1. The predicted molar refractivity (Wildman–Crippen MR) is 145 cm³/mol. The van der Waals surface area contributed by atoms with Gasteiger partial charge in [-0.05, 0) is 73.6 Å². The Morgan fingerprint density at radius 3 is 2.35 bits per heavy atom. The van der Waals surface area contributed by atoms with E-state index in [0.717, 1.165) is 54.6 Å². The zero-order chi connectivity index (χ0) is 24.1. The van der Waals surface area contributed by atoms with Gasteiger partial charge in [-0.3, -0.25) is 15.0 Å². The summed E-state index contributed by atoms with van der Waals surface area (Å²) < 4.78 is 0. The van der Waals surface area contributed by atoms with Crippen molar-refractivity contribution in [1.29, 1.82) is 0 Å². The summed E-state index contributed by atoms with van der Waals surface area (Å²) in [5.74, 6) is -0.207. The molecule has 176 valence electrons. The molecule has 34 heavy (non-hydrogen) atoms. The molecule has 0 bridgehead atoms. The fourth-order valence-corrected chi connectivity index (χ4v) is 4.59. The number of hydrogen-bond donors (Lipinski definition) is 2. The van der Waals surface area contributed by atoms with E-state index in [0.29, 0.717) is 5.56 Å². The molecule has 0 spiro atoms. The highest BCUT2D eigenvalue weighted by Gasteiger charge is 2.18. The van der Waals surface area contributed by atoms with E-state index in [2.05, 4.69) is 38.6 Å². The van der Waals surface area contributed by atoms with Crippen molar-refractivity contribution < 1.29 is 4.79 Å². The first-order valence-electron chi connectivity index (χ1n) is 11.4. The van der Waals surface area contributed by atoms with Gasteiger partial charge in [0.25, 0.3) is 5.91 Å². The third kappa shape index (κ3) is 6.14. The van der Waals surface area contributed by atoms with Crippen LogP contribution >= 0.6 is 23.8 Å². The number of carbonyl (C=O) groups is 1. The summed E-state index contributed by atoms with van der Waals surface area (Å²) in [5, 5.41) is 6.98. The van der Waals surface area contributed by atoms with Gasteiger partial charge in [0, 0.05) is 54.7 Å². The van der Waals surface area contributed by atoms with Gasteiger partial charge in [-0.25, -0.2) is 0 Å². The van der Waals surface area contributed by atoms with Crippen LogP contribution in [0.25, 0.3) is 0 Å². The average molecular weight is 493 g/mol. The van der Waals surface area contributed by atoms with E-state index in [4.69, 9.17) is 23.8 Å². The van der Waals surface area contributed by atoms with Crippen LogP contribution in [0.2, 0.25) is 5.02 Å². The molecule has 0 aliphatic carbocycles. The number of nitrogens with zero attached hydrogens (tertiary/aromatic N) is 2. The second-order valence-electron chi connectivity index (χ2n) is 8.63. The van der Waals surface area contributed by atoms with Gasteiger partial charge in [-0.2, -0.15) is 0 Å². The van der Waals surface area contributed by atoms with Gasteiger partial charge >= 0.3 is 0 Å². The lowest BCUT2D eigenvalue weighted by molar-refractivity contribution is 0.0977. The number of thiocarbonyl (C=S) groups is 1. The maximum absolute atomic E-state index is 12.5. The fourth-order valence-electron chi connectivity index (χ4n) is 4.19. The summed E-state index contributed by atoms with van der Waals surface area (Å²) >= 11 is 11.7. The first-order valence-corrected chi connectivity index (χ1v) is 12.2. The van der Waals surface area contributed by atoms with Crippen LogP contribution in [0.1, 0.15) is 27.0 Å². The summed E-state index contributed by atoms with van der Waals surface area (Å²) in [7, 11) is 0. The quantitative estimate of drug-likeness (QED) is 0.466. The molecular formula is C27H29ClN4OS. The van der Waals surface area contributed by atoms with Crippen molar-refractivity contribution >= 4 is 46.2 Å². The van der Waals surface area contributed by atoms with Crippen molar-refractivity contribution in [3.63, 3.8) is 0 Å². The van der Waals surface area contributed by atoms with E-state index < -0.39 is 0 Å². The normalized spacial score (nSPS) is 14.0. The van der Waals surface area contributed by atoms with Gasteiger partial charge in [-0.15, -0.1) is 0 Å². The number of benzene rings is 3. The van der Waals surface area contributed by atoms with Gasteiger partial charge < -0.3 is 10.2 Å². The Labute approximate surface area is 211 Å². The zero-order valence-electron chi connectivity index (χ0n) is 19.5. The Kier molecular flexibility index (Phi) is 7.83. The molecule has 4 rings (SSSR count). The van der Waals surface area contributed by atoms with E-state index in [1.54, 1.807) is 0 Å².